The predicted octanol–water partition coefficient (Wildman–Crippen LogP) is 2.16. The van der Waals surface area contributed by atoms with Crippen LogP contribution in [0.2, 0.25) is 0 Å². The Morgan fingerprint density at radius 2 is 2.35 bits per heavy atom. The molecule has 3 unspecified atom stereocenters. The largest absolute Gasteiger partial charge is 0.385 e. The highest BCUT2D eigenvalue weighted by Gasteiger charge is 2.39. The molecular weight excluding hydrogens is 214 g/mol. The van der Waals surface area contributed by atoms with Crippen molar-refractivity contribution >= 4 is 11.9 Å². The number of urea groups is 1. The third-order valence-electron chi connectivity index (χ3n) is 3.86. The van der Waals surface area contributed by atoms with Crippen molar-refractivity contribution in [1.82, 2.24) is 4.90 Å². The zero-order valence-electron chi connectivity index (χ0n) is 10.4. The van der Waals surface area contributed by atoms with Gasteiger partial charge in [-0.1, -0.05) is 25.8 Å². The van der Waals surface area contributed by atoms with Gasteiger partial charge >= 0.3 is 6.03 Å². The molecule has 1 heterocycles. The average molecular weight is 235 g/mol. The van der Waals surface area contributed by atoms with Crippen LogP contribution in [-0.4, -0.2) is 29.4 Å². The molecule has 0 spiro atoms. The molecule has 1 fully saturated rings. The number of aliphatic imine (C=N–C) groups is 1. The van der Waals surface area contributed by atoms with E-state index in [0.717, 1.165) is 18.8 Å². The van der Waals surface area contributed by atoms with Gasteiger partial charge in [0.25, 0.3) is 0 Å². The molecule has 2 amide bonds. The van der Waals surface area contributed by atoms with E-state index in [4.69, 9.17) is 5.73 Å². The van der Waals surface area contributed by atoms with Gasteiger partial charge in [0, 0.05) is 6.54 Å². The lowest BCUT2D eigenvalue weighted by Gasteiger charge is -2.35. The Morgan fingerprint density at radius 1 is 1.59 bits per heavy atom. The second-order valence-electron chi connectivity index (χ2n) is 5.24. The summed E-state index contributed by atoms with van der Waals surface area (Å²) in [5.41, 5.74) is 5.92. The van der Waals surface area contributed by atoms with Gasteiger partial charge in [0.05, 0.1) is 6.04 Å². The molecule has 0 aromatic rings. The zero-order valence-corrected chi connectivity index (χ0v) is 10.4. The second kappa shape index (κ2) is 4.90. The lowest BCUT2D eigenvalue weighted by Crippen LogP contribution is -2.46. The van der Waals surface area contributed by atoms with E-state index in [-0.39, 0.29) is 12.1 Å². The molecule has 4 nitrogen and oxygen atoms in total. The van der Waals surface area contributed by atoms with Gasteiger partial charge in [-0.05, 0) is 24.7 Å². The summed E-state index contributed by atoms with van der Waals surface area (Å²) >= 11 is 0. The second-order valence-corrected chi connectivity index (χ2v) is 5.24. The molecule has 2 aliphatic rings. The number of carbonyl (C=O) groups is 1. The van der Waals surface area contributed by atoms with Gasteiger partial charge in [0.2, 0.25) is 0 Å². The summed E-state index contributed by atoms with van der Waals surface area (Å²) in [7, 11) is 0. The van der Waals surface area contributed by atoms with E-state index in [0.29, 0.717) is 18.3 Å². The van der Waals surface area contributed by atoms with Crippen LogP contribution in [0.15, 0.2) is 17.6 Å². The highest BCUT2D eigenvalue weighted by molar-refractivity contribution is 6.03. The average Bonchev–Trinajstić information content (AvgIpc) is 2.54. The molecule has 1 aliphatic carbocycles. The van der Waals surface area contributed by atoms with Gasteiger partial charge in [-0.25, -0.2) is 4.79 Å². The van der Waals surface area contributed by atoms with Crippen molar-refractivity contribution in [3.63, 3.8) is 0 Å². The quantitative estimate of drug-likeness (QED) is 0.762. The molecule has 1 aliphatic heterocycles. The fourth-order valence-electron chi connectivity index (χ4n) is 3.11. The van der Waals surface area contributed by atoms with Crippen molar-refractivity contribution in [1.29, 1.82) is 0 Å². The molecule has 0 saturated heterocycles. The Bertz CT molecular complexity index is 351. The van der Waals surface area contributed by atoms with Gasteiger partial charge in [0.1, 0.15) is 5.84 Å². The van der Waals surface area contributed by atoms with Gasteiger partial charge in [-0.2, -0.15) is 4.99 Å². The van der Waals surface area contributed by atoms with Gasteiger partial charge < -0.3 is 10.6 Å². The number of hydrogen-bond donors (Lipinski definition) is 1. The molecule has 2 rings (SSSR count). The first-order valence-corrected chi connectivity index (χ1v) is 6.39. The van der Waals surface area contributed by atoms with Crippen molar-refractivity contribution in [2.75, 3.05) is 6.54 Å². The topological polar surface area (TPSA) is 58.7 Å². The van der Waals surface area contributed by atoms with Crippen LogP contribution in [-0.2, 0) is 0 Å². The maximum atomic E-state index is 11.7. The van der Waals surface area contributed by atoms with Crippen LogP contribution in [0.1, 0.15) is 32.6 Å². The van der Waals surface area contributed by atoms with Gasteiger partial charge in [0.15, 0.2) is 0 Å². The third kappa shape index (κ3) is 2.35. The summed E-state index contributed by atoms with van der Waals surface area (Å²) in [5, 5.41) is 0. The number of carbonyl (C=O) groups excluding carboxylic acids is 1. The van der Waals surface area contributed by atoms with E-state index in [1.807, 2.05) is 0 Å². The molecule has 1 saturated carbocycles. The zero-order chi connectivity index (χ0) is 12.4. The van der Waals surface area contributed by atoms with Gasteiger partial charge in [-0.15, -0.1) is 6.58 Å². The summed E-state index contributed by atoms with van der Waals surface area (Å²) in [6, 6.07) is -0.200. The van der Waals surface area contributed by atoms with Crippen molar-refractivity contribution in [3.05, 3.63) is 12.7 Å². The summed E-state index contributed by atoms with van der Waals surface area (Å²) in [4.78, 5) is 17.4. The van der Waals surface area contributed by atoms with E-state index in [9.17, 15) is 4.79 Å². The summed E-state index contributed by atoms with van der Waals surface area (Å²) < 4.78 is 0. The smallest absolute Gasteiger partial charge is 0.346 e. The van der Waals surface area contributed by atoms with Crippen LogP contribution in [0.5, 0.6) is 0 Å². The summed E-state index contributed by atoms with van der Waals surface area (Å²) in [6.45, 7) is 6.50. The molecule has 3 atom stereocenters. The lowest BCUT2D eigenvalue weighted by molar-refractivity contribution is 0.170. The monoisotopic (exact) mass is 235 g/mol. The highest BCUT2D eigenvalue weighted by atomic mass is 16.2. The van der Waals surface area contributed by atoms with Crippen LogP contribution >= 0.6 is 0 Å². The number of amides is 2. The predicted molar refractivity (Wildman–Crippen MR) is 68.8 cm³/mol. The standard InChI is InChI=1S/C13H21N3O/c1-3-7-16-11(12(14)15-13(16)17)10-6-4-5-9(2)8-10/h3,9-11H,1,4-8H2,2H3,(H2,14,15,17). The number of rotatable bonds is 3. The number of nitrogens with zero attached hydrogens (tertiary/aromatic N) is 2. The maximum Gasteiger partial charge on any atom is 0.346 e. The Labute approximate surface area is 103 Å². The molecule has 0 aromatic heterocycles. The first-order valence-electron chi connectivity index (χ1n) is 6.39. The molecule has 0 bridgehead atoms. The van der Waals surface area contributed by atoms with Crippen molar-refractivity contribution in [3.8, 4) is 0 Å². The number of nitrogens with two attached hydrogens (primary N) is 1. The van der Waals surface area contributed by atoms with E-state index >= 15 is 0 Å². The molecule has 17 heavy (non-hydrogen) atoms. The van der Waals surface area contributed by atoms with Crippen molar-refractivity contribution < 1.29 is 4.79 Å². The fraction of sp³-hybridized carbons (Fsp3) is 0.692. The Kier molecular flexibility index (Phi) is 3.50. The molecule has 2 N–H and O–H groups in total. The van der Waals surface area contributed by atoms with Crippen LogP contribution in [0.3, 0.4) is 0 Å². The van der Waals surface area contributed by atoms with Crippen molar-refractivity contribution in [2.24, 2.45) is 22.6 Å². The third-order valence-corrected chi connectivity index (χ3v) is 3.86. The minimum absolute atomic E-state index is 0.00301. The van der Waals surface area contributed by atoms with Crippen LogP contribution < -0.4 is 5.73 Å². The van der Waals surface area contributed by atoms with E-state index in [1.165, 1.54) is 12.8 Å². The summed E-state index contributed by atoms with van der Waals surface area (Å²) in [6.07, 6.45) is 6.54. The molecule has 4 heteroatoms. The SMILES string of the molecule is C=CCN1C(=O)N=C(N)C1C1CCCC(C)C1. The molecule has 94 valence electrons. The minimum Gasteiger partial charge on any atom is -0.385 e. The first kappa shape index (κ1) is 12.1. The maximum absolute atomic E-state index is 11.7. The Balaban J connectivity index is 2.13. The lowest BCUT2D eigenvalue weighted by atomic mass is 9.78. The normalized spacial score (nSPS) is 33.7. The molecule has 0 aromatic carbocycles. The summed E-state index contributed by atoms with van der Waals surface area (Å²) in [5.74, 6) is 1.69. The Morgan fingerprint density at radius 3 is 3.00 bits per heavy atom. The number of hydrogen-bond acceptors (Lipinski definition) is 2. The van der Waals surface area contributed by atoms with E-state index in [2.05, 4.69) is 18.5 Å². The fourth-order valence-corrected chi connectivity index (χ4v) is 3.11. The van der Waals surface area contributed by atoms with E-state index in [1.54, 1.807) is 11.0 Å². The minimum atomic E-state index is -0.203. The van der Waals surface area contributed by atoms with Crippen LogP contribution in [0.4, 0.5) is 4.79 Å². The van der Waals surface area contributed by atoms with Gasteiger partial charge in [-0.3, -0.25) is 0 Å². The van der Waals surface area contributed by atoms with E-state index < -0.39 is 0 Å². The van der Waals surface area contributed by atoms with Crippen LogP contribution in [0, 0.1) is 11.8 Å². The van der Waals surface area contributed by atoms with Crippen LogP contribution in [0.25, 0.3) is 0 Å². The van der Waals surface area contributed by atoms with Crippen molar-refractivity contribution in [2.45, 2.75) is 38.6 Å². The highest BCUT2D eigenvalue weighted by Crippen LogP contribution is 2.34. The number of amidine groups is 1. The first-order chi connectivity index (χ1) is 8.13. The molecular formula is C13H21N3O. The Hall–Kier alpha value is -1.32. The molecule has 0 radical (unpaired) electrons.